The van der Waals surface area contributed by atoms with E-state index in [1.54, 1.807) is 0 Å². The molecule has 3 rings (SSSR count). The minimum Gasteiger partial charge on any atom is -0.0646 e. The van der Waals surface area contributed by atoms with Crippen LogP contribution in [0.25, 0.3) is 21.5 Å². The largest absolute Gasteiger partial charge is 0.0646 e. The lowest BCUT2D eigenvalue weighted by Gasteiger charge is -2.25. The maximum Gasteiger partial charge on any atom is 0.0333 e. The predicted molar refractivity (Wildman–Crippen MR) is 123 cm³/mol. The van der Waals surface area contributed by atoms with E-state index in [0.29, 0.717) is 0 Å². The van der Waals surface area contributed by atoms with E-state index in [1.807, 2.05) is 0 Å². The zero-order chi connectivity index (χ0) is 19.3. The SMILES string of the molecule is CCC(C)(C)c1ccc2c(Br)c3cc(C(C)(C)CC)ccc3c(Br)c2c1. The van der Waals surface area contributed by atoms with Crippen molar-refractivity contribution in [2.75, 3.05) is 0 Å². The maximum absolute atomic E-state index is 3.91. The lowest BCUT2D eigenvalue weighted by molar-refractivity contribution is 0.506. The summed E-state index contributed by atoms with van der Waals surface area (Å²) in [6.07, 6.45) is 2.25. The molecule has 0 bridgehead atoms. The summed E-state index contributed by atoms with van der Waals surface area (Å²) < 4.78 is 2.39. The highest BCUT2D eigenvalue weighted by Gasteiger charge is 2.22. The smallest absolute Gasteiger partial charge is 0.0333 e. The number of rotatable bonds is 4. The highest BCUT2D eigenvalue weighted by atomic mass is 79.9. The van der Waals surface area contributed by atoms with Gasteiger partial charge in [0, 0.05) is 8.95 Å². The van der Waals surface area contributed by atoms with E-state index >= 15 is 0 Å². The number of halogens is 2. The van der Waals surface area contributed by atoms with Gasteiger partial charge in [-0.05, 0) is 100 Å². The molecule has 0 heterocycles. The molecule has 3 aromatic carbocycles. The molecule has 0 spiro atoms. The predicted octanol–water partition coefficient (Wildman–Crippen LogP) is 8.89. The van der Waals surface area contributed by atoms with Crippen molar-refractivity contribution < 1.29 is 0 Å². The maximum atomic E-state index is 3.91. The van der Waals surface area contributed by atoms with E-state index in [-0.39, 0.29) is 10.8 Å². The Hall–Kier alpha value is -0.860. The Morgan fingerprint density at radius 2 is 0.962 bits per heavy atom. The standard InChI is InChI=1S/C24H28Br2/c1-7-23(3,4)15-9-11-17-19(13-15)21(25)18-12-10-16(24(5,6)8-2)14-20(18)22(17)26/h9-14H,7-8H2,1-6H3. The van der Waals surface area contributed by atoms with Gasteiger partial charge in [0.1, 0.15) is 0 Å². The highest BCUT2D eigenvalue weighted by molar-refractivity contribution is 9.11. The number of fused-ring (bicyclic) bond motifs is 2. The Labute approximate surface area is 174 Å². The van der Waals surface area contributed by atoms with Crippen molar-refractivity contribution in [3.05, 3.63) is 56.5 Å². The fourth-order valence-electron chi connectivity index (χ4n) is 3.37. The van der Waals surface area contributed by atoms with Gasteiger partial charge in [-0.15, -0.1) is 0 Å². The van der Waals surface area contributed by atoms with Crippen LogP contribution in [0.15, 0.2) is 45.3 Å². The van der Waals surface area contributed by atoms with Crippen molar-refractivity contribution >= 4 is 53.4 Å². The third-order valence-electron chi connectivity index (χ3n) is 6.32. The van der Waals surface area contributed by atoms with Crippen LogP contribution in [0.5, 0.6) is 0 Å². The van der Waals surface area contributed by atoms with Gasteiger partial charge in [-0.1, -0.05) is 65.8 Å². The Kier molecular flexibility index (Phi) is 5.31. The molecule has 138 valence electrons. The molecule has 0 nitrogen and oxygen atoms in total. The lowest BCUT2D eigenvalue weighted by atomic mass is 9.80. The van der Waals surface area contributed by atoms with E-state index in [9.17, 15) is 0 Å². The first-order chi connectivity index (χ1) is 12.1. The zero-order valence-corrected chi connectivity index (χ0v) is 19.8. The van der Waals surface area contributed by atoms with E-state index in [0.717, 1.165) is 12.8 Å². The zero-order valence-electron chi connectivity index (χ0n) is 16.6. The van der Waals surface area contributed by atoms with Crippen molar-refractivity contribution in [2.45, 2.75) is 65.2 Å². The average Bonchev–Trinajstić information content (AvgIpc) is 2.65. The average molecular weight is 476 g/mol. The second-order valence-electron chi connectivity index (χ2n) is 8.62. The molecule has 26 heavy (non-hydrogen) atoms. The van der Waals surface area contributed by atoms with E-state index < -0.39 is 0 Å². The summed E-state index contributed by atoms with van der Waals surface area (Å²) in [7, 11) is 0. The Morgan fingerprint density at radius 1 is 0.615 bits per heavy atom. The normalized spacial score (nSPS) is 12.9. The van der Waals surface area contributed by atoms with Crippen LogP contribution in [0.4, 0.5) is 0 Å². The van der Waals surface area contributed by atoms with Crippen molar-refractivity contribution in [3.8, 4) is 0 Å². The van der Waals surface area contributed by atoms with Gasteiger partial charge in [-0.25, -0.2) is 0 Å². The van der Waals surface area contributed by atoms with Crippen molar-refractivity contribution in [1.82, 2.24) is 0 Å². The Balaban J connectivity index is 2.33. The van der Waals surface area contributed by atoms with Gasteiger partial charge in [0.2, 0.25) is 0 Å². The first-order valence-electron chi connectivity index (χ1n) is 9.48. The van der Waals surface area contributed by atoms with E-state index in [4.69, 9.17) is 0 Å². The van der Waals surface area contributed by atoms with E-state index in [2.05, 4.69) is 110 Å². The second-order valence-corrected chi connectivity index (χ2v) is 10.2. The minimum absolute atomic E-state index is 0.185. The van der Waals surface area contributed by atoms with E-state index in [1.165, 1.54) is 41.6 Å². The molecule has 0 saturated heterocycles. The Morgan fingerprint density at radius 3 is 1.27 bits per heavy atom. The van der Waals surface area contributed by atoms with Crippen molar-refractivity contribution in [1.29, 1.82) is 0 Å². The van der Waals surface area contributed by atoms with Crippen LogP contribution >= 0.6 is 31.9 Å². The summed E-state index contributed by atoms with van der Waals surface area (Å²) in [6.45, 7) is 13.8. The van der Waals surface area contributed by atoms with Crippen LogP contribution in [-0.2, 0) is 10.8 Å². The van der Waals surface area contributed by atoms with Crippen LogP contribution in [0.2, 0.25) is 0 Å². The fourth-order valence-corrected chi connectivity index (χ4v) is 4.72. The van der Waals surface area contributed by atoms with Crippen molar-refractivity contribution in [2.24, 2.45) is 0 Å². The number of hydrogen-bond donors (Lipinski definition) is 0. The Bertz CT molecular complexity index is 899. The van der Waals surface area contributed by atoms with Gasteiger partial charge >= 0.3 is 0 Å². The highest BCUT2D eigenvalue weighted by Crippen LogP contribution is 2.42. The molecule has 0 aliphatic heterocycles. The molecule has 0 N–H and O–H groups in total. The minimum atomic E-state index is 0.185. The first kappa shape index (κ1) is 19.9. The molecule has 0 fully saturated rings. The third-order valence-corrected chi connectivity index (χ3v) is 8.02. The first-order valence-corrected chi connectivity index (χ1v) is 11.1. The summed E-state index contributed by atoms with van der Waals surface area (Å²) in [6, 6.07) is 13.8. The molecule has 0 amide bonds. The molecular formula is C24H28Br2. The molecule has 0 aliphatic rings. The molecule has 2 heteroatoms. The molecule has 0 saturated carbocycles. The molecular weight excluding hydrogens is 448 g/mol. The second kappa shape index (κ2) is 6.95. The summed E-state index contributed by atoms with van der Waals surface area (Å²) in [5, 5.41) is 5.11. The molecule has 0 radical (unpaired) electrons. The van der Waals surface area contributed by atoms with Crippen molar-refractivity contribution in [3.63, 3.8) is 0 Å². The van der Waals surface area contributed by atoms with Gasteiger partial charge in [0.15, 0.2) is 0 Å². The number of benzene rings is 3. The van der Waals surface area contributed by atoms with Crippen LogP contribution in [-0.4, -0.2) is 0 Å². The van der Waals surface area contributed by atoms with Crippen LogP contribution in [0, 0.1) is 0 Å². The van der Waals surface area contributed by atoms with Crippen LogP contribution < -0.4 is 0 Å². The van der Waals surface area contributed by atoms with Crippen LogP contribution in [0.3, 0.4) is 0 Å². The summed E-state index contributed by atoms with van der Waals surface area (Å²) in [5.74, 6) is 0. The number of hydrogen-bond acceptors (Lipinski definition) is 0. The summed E-state index contributed by atoms with van der Waals surface area (Å²) in [4.78, 5) is 0. The molecule has 0 aromatic heterocycles. The van der Waals surface area contributed by atoms with Crippen LogP contribution in [0.1, 0.15) is 65.5 Å². The van der Waals surface area contributed by atoms with Gasteiger partial charge in [-0.3, -0.25) is 0 Å². The van der Waals surface area contributed by atoms with Gasteiger partial charge in [0.25, 0.3) is 0 Å². The molecule has 0 atom stereocenters. The summed E-state index contributed by atoms with van der Waals surface area (Å²) >= 11 is 7.82. The topological polar surface area (TPSA) is 0 Å². The van der Waals surface area contributed by atoms with Gasteiger partial charge < -0.3 is 0 Å². The van der Waals surface area contributed by atoms with Gasteiger partial charge in [-0.2, -0.15) is 0 Å². The quantitative estimate of drug-likeness (QED) is 0.330. The summed E-state index contributed by atoms with van der Waals surface area (Å²) in [5.41, 5.74) is 3.15. The third kappa shape index (κ3) is 3.24. The lowest BCUT2D eigenvalue weighted by Crippen LogP contribution is -2.15. The van der Waals surface area contributed by atoms with Gasteiger partial charge in [0.05, 0.1) is 0 Å². The molecule has 0 unspecified atom stereocenters. The molecule has 3 aromatic rings. The molecule has 0 aliphatic carbocycles. The fraction of sp³-hybridized carbons (Fsp3) is 0.417. The monoisotopic (exact) mass is 474 g/mol.